The minimum atomic E-state index is 0.755. The molecule has 0 aliphatic heterocycles. The summed E-state index contributed by atoms with van der Waals surface area (Å²) < 4.78 is 0. The van der Waals surface area contributed by atoms with Crippen LogP contribution < -0.4 is 0 Å². The number of hydrogen-bond donors (Lipinski definition) is 0. The molecule has 0 amide bonds. The van der Waals surface area contributed by atoms with Crippen LogP contribution in [0.1, 0.15) is 165 Å². The average molecular weight is 463 g/mol. The normalized spacial score (nSPS) is 15.7. The summed E-state index contributed by atoms with van der Waals surface area (Å²) in [7, 11) is 0. The topological polar surface area (TPSA) is 0 Å². The average Bonchev–Trinajstić information content (AvgIpc) is 2.82. The second-order valence-electron chi connectivity index (χ2n) is 10.4. The standard InChI is InChI=1S/C31H60.C2H6/c1-8-13-17-26-29(20-9-2)27(6)24-18-15-14-16-19-25-28(7)31(23-12-5)30(21-10-3)22-11-4;1-2/h10,21-22,27-29,31H,8-9,11-20,23-26H2,1-7H3;1-2H3/b21-10-,30-22+;. The van der Waals surface area contributed by atoms with Crippen molar-refractivity contribution in [2.24, 2.45) is 23.7 Å². The Morgan fingerprint density at radius 2 is 1.15 bits per heavy atom. The molecule has 4 unspecified atom stereocenters. The first-order valence-electron chi connectivity index (χ1n) is 15.4. The van der Waals surface area contributed by atoms with Gasteiger partial charge in [0.1, 0.15) is 0 Å². The number of unbranched alkanes of at least 4 members (excludes halogenated alkanes) is 6. The molecule has 0 nitrogen and oxygen atoms in total. The minimum Gasteiger partial charge on any atom is -0.0874 e. The Morgan fingerprint density at radius 3 is 1.67 bits per heavy atom. The summed E-state index contributed by atoms with van der Waals surface area (Å²) in [5, 5.41) is 0. The molecule has 0 heteroatoms. The highest BCUT2D eigenvalue weighted by Crippen LogP contribution is 2.31. The monoisotopic (exact) mass is 463 g/mol. The fourth-order valence-electron chi connectivity index (χ4n) is 5.50. The van der Waals surface area contributed by atoms with Crippen LogP contribution in [0.3, 0.4) is 0 Å². The first-order valence-corrected chi connectivity index (χ1v) is 15.4. The van der Waals surface area contributed by atoms with Gasteiger partial charge >= 0.3 is 0 Å². The molecule has 0 N–H and O–H groups in total. The van der Waals surface area contributed by atoms with E-state index >= 15 is 0 Å². The fraction of sp³-hybridized carbons (Fsp3) is 0.879. The number of rotatable bonds is 21. The van der Waals surface area contributed by atoms with Gasteiger partial charge in [-0.3, -0.25) is 0 Å². The highest BCUT2D eigenvalue weighted by atomic mass is 14.2. The second-order valence-corrected chi connectivity index (χ2v) is 10.4. The van der Waals surface area contributed by atoms with Crippen LogP contribution in [0, 0.1) is 23.7 Å². The van der Waals surface area contributed by atoms with Crippen molar-refractivity contribution in [3.63, 3.8) is 0 Å². The zero-order valence-electron chi connectivity index (χ0n) is 24.9. The Morgan fingerprint density at radius 1 is 0.606 bits per heavy atom. The zero-order chi connectivity index (χ0) is 25.3. The van der Waals surface area contributed by atoms with Crippen LogP contribution in [0.5, 0.6) is 0 Å². The summed E-state index contributed by atoms with van der Waals surface area (Å²) in [6.45, 7) is 20.5. The van der Waals surface area contributed by atoms with Gasteiger partial charge in [0, 0.05) is 0 Å². The maximum absolute atomic E-state index is 2.54. The van der Waals surface area contributed by atoms with Gasteiger partial charge in [-0.2, -0.15) is 0 Å². The second kappa shape index (κ2) is 26.1. The predicted molar refractivity (Wildman–Crippen MR) is 156 cm³/mol. The lowest BCUT2D eigenvalue weighted by molar-refractivity contribution is 0.280. The van der Waals surface area contributed by atoms with E-state index in [4.69, 9.17) is 0 Å². The van der Waals surface area contributed by atoms with Gasteiger partial charge in [-0.1, -0.05) is 164 Å². The summed E-state index contributed by atoms with van der Waals surface area (Å²) in [4.78, 5) is 0. The lowest BCUT2D eigenvalue weighted by Gasteiger charge is -2.25. The van der Waals surface area contributed by atoms with Gasteiger partial charge in [0.05, 0.1) is 0 Å². The minimum absolute atomic E-state index is 0.755. The van der Waals surface area contributed by atoms with Crippen LogP contribution in [0.15, 0.2) is 23.8 Å². The molecular weight excluding hydrogens is 396 g/mol. The van der Waals surface area contributed by atoms with Crippen LogP contribution in [0.2, 0.25) is 0 Å². The predicted octanol–water partition coefficient (Wildman–Crippen LogP) is 12.3. The molecule has 0 aliphatic carbocycles. The Kier molecular flexibility index (Phi) is 27.4. The van der Waals surface area contributed by atoms with Gasteiger partial charge in [-0.25, -0.2) is 0 Å². The van der Waals surface area contributed by atoms with E-state index in [0.29, 0.717) is 0 Å². The van der Waals surface area contributed by atoms with E-state index in [1.165, 1.54) is 96.3 Å². The van der Waals surface area contributed by atoms with E-state index in [-0.39, 0.29) is 0 Å². The summed E-state index contributed by atoms with van der Waals surface area (Å²) in [5.74, 6) is 3.48. The Labute approximate surface area is 212 Å². The number of hydrogen-bond acceptors (Lipinski definition) is 0. The van der Waals surface area contributed by atoms with Crippen LogP contribution >= 0.6 is 0 Å². The molecule has 0 aliphatic rings. The van der Waals surface area contributed by atoms with Crippen LogP contribution in [0.4, 0.5) is 0 Å². The molecule has 33 heavy (non-hydrogen) atoms. The van der Waals surface area contributed by atoms with Crippen LogP contribution in [-0.2, 0) is 0 Å². The number of allylic oxidation sites excluding steroid dienone is 4. The summed E-state index contributed by atoms with van der Waals surface area (Å²) in [5.41, 5.74) is 1.59. The molecule has 0 aromatic heterocycles. The van der Waals surface area contributed by atoms with Gasteiger partial charge < -0.3 is 0 Å². The molecule has 0 rings (SSSR count). The van der Waals surface area contributed by atoms with Crippen molar-refractivity contribution < 1.29 is 0 Å². The van der Waals surface area contributed by atoms with Gasteiger partial charge in [0.25, 0.3) is 0 Å². The smallest absolute Gasteiger partial charge is 0.0140 e. The van der Waals surface area contributed by atoms with Crippen molar-refractivity contribution in [3.05, 3.63) is 23.8 Å². The molecule has 0 aromatic rings. The third-order valence-corrected chi connectivity index (χ3v) is 7.48. The molecule has 0 radical (unpaired) electrons. The van der Waals surface area contributed by atoms with Gasteiger partial charge in [-0.05, 0) is 49.0 Å². The molecule has 198 valence electrons. The lowest BCUT2D eigenvalue weighted by atomic mass is 9.80. The van der Waals surface area contributed by atoms with Crippen molar-refractivity contribution in [2.75, 3.05) is 0 Å². The first kappa shape index (κ1) is 34.6. The Balaban J connectivity index is 0. The van der Waals surface area contributed by atoms with E-state index in [9.17, 15) is 0 Å². The van der Waals surface area contributed by atoms with Crippen molar-refractivity contribution in [1.82, 2.24) is 0 Å². The van der Waals surface area contributed by atoms with Gasteiger partial charge in [0.15, 0.2) is 0 Å². The van der Waals surface area contributed by atoms with Crippen molar-refractivity contribution >= 4 is 0 Å². The highest BCUT2D eigenvalue weighted by Gasteiger charge is 2.19. The van der Waals surface area contributed by atoms with Crippen molar-refractivity contribution in [1.29, 1.82) is 0 Å². The molecule has 0 heterocycles. The molecule has 0 bridgehead atoms. The van der Waals surface area contributed by atoms with E-state index < -0.39 is 0 Å². The molecule has 0 aromatic carbocycles. The molecular formula is C33H66. The molecule has 0 saturated carbocycles. The summed E-state index contributed by atoms with van der Waals surface area (Å²) >= 11 is 0. The first-order chi connectivity index (χ1) is 16.0. The van der Waals surface area contributed by atoms with Gasteiger partial charge in [-0.15, -0.1) is 0 Å². The van der Waals surface area contributed by atoms with Crippen molar-refractivity contribution in [3.8, 4) is 0 Å². The molecule has 4 atom stereocenters. The molecule has 0 fully saturated rings. The lowest BCUT2D eigenvalue weighted by Crippen LogP contribution is -2.14. The summed E-state index contributed by atoms with van der Waals surface area (Å²) in [6.07, 6.45) is 29.4. The van der Waals surface area contributed by atoms with E-state index in [1.807, 2.05) is 13.8 Å². The third kappa shape index (κ3) is 18.5. The van der Waals surface area contributed by atoms with E-state index in [1.54, 1.807) is 5.57 Å². The molecule has 0 spiro atoms. The van der Waals surface area contributed by atoms with E-state index in [2.05, 4.69) is 66.7 Å². The highest BCUT2D eigenvalue weighted by molar-refractivity contribution is 5.22. The fourth-order valence-corrected chi connectivity index (χ4v) is 5.50. The third-order valence-electron chi connectivity index (χ3n) is 7.48. The van der Waals surface area contributed by atoms with E-state index in [0.717, 1.165) is 30.1 Å². The Hall–Kier alpha value is -0.520. The quantitative estimate of drug-likeness (QED) is 0.117. The maximum Gasteiger partial charge on any atom is -0.0140 e. The largest absolute Gasteiger partial charge is 0.0874 e. The summed E-state index contributed by atoms with van der Waals surface area (Å²) in [6, 6.07) is 0. The van der Waals surface area contributed by atoms with Crippen LogP contribution in [-0.4, -0.2) is 0 Å². The zero-order valence-corrected chi connectivity index (χ0v) is 24.9. The Bertz CT molecular complexity index is 429. The SMILES string of the molecule is C/C=C\C(=C/CC)C(CCC)C(C)CCCCCCCC(C)C(CCC)CCCCC.CC. The maximum atomic E-state index is 2.54. The van der Waals surface area contributed by atoms with Crippen molar-refractivity contribution in [2.45, 2.75) is 165 Å². The van der Waals surface area contributed by atoms with Crippen LogP contribution in [0.25, 0.3) is 0 Å². The van der Waals surface area contributed by atoms with Gasteiger partial charge in [0.2, 0.25) is 0 Å². The molecule has 0 saturated heterocycles.